The minimum atomic E-state index is -0.789. The Hall–Kier alpha value is -2.93. The van der Waals surface area contributed by atoms with Crippen LogP contribution in [0.4, 0.5) is 10.2 Å². The summed E-state index contributed by atoms with van der Waals surface area (Å²) in [6.07, 6.45) is 0.549. The lowest BCUT2D eigenvalue weighted by molar-refractivity contribution is 0.169. The predicted molar refractivity (Wildman–Crippen MR) is 95.1 cm³/mol. The average Bonchev–Trinajstić information content (AvgIpc) is 2.67. The highest BCUT2D eigenvalue weighted by atomic mass is 19.1. The van der Waals surface area contributed by atoms with Gasteiger partial charge < -0.3 is 19.5 Å². The summed E-state index contributed by atoms with van der Waals surface area (Å²) < 4.78 is 24.9. The van der Waals surface area contributed by atoms with Gasteiger partial charge in [0.2, 0.25) is 0 Å². The Kier molecular flexibility index (Phi) is 4.08. The van der Waals surface area contributed by atoms with Crippen molar-refractivity contribution in [1.82, 2.24) is 9.97 Å². The van der Waals surface area contributed by atoms with Crippen molar-refractivity contribution in [3.05, 3.63) is 53.6 Å². The standard InChI is InChI=1S/C19H18FN3O3/c1-25-15-6-7-16(26-2)17-12(15)8-23(9-14(17)24)19-11-4-3-5-13(20)18(11)21-10-22-19/h3-7,10,14,24H,8-9H2,1-2H3. The molecule has 0 bridgehead atoms. The smallest absolute Gasteiger partial charge is 0.149 e. The molecular weight excluding hydrogens is 337 g/mol. The zero-order valence-corrected chi connectivity index (χ0v) is 14.4. The highest BCUT2D eigenvalue weighted by molar-refractivity contribution is 5.89. The van der Waals surface area contributed by atoms with Gasteiger partial charge in [-0.25, -0.2) is 14.4 Å². The molecule has 0 radical (unpaired) electrons. The van der Waals surface area contributed by atoms with Gasteiger partial charge in [-0.05, 0) is 24.3 Å². The molecule has 0 aliphatic carbocycles. The lowest BCUT2D eigenvalue weighted by atomic mass is 9.95. The van der Waals surface area contributed by atoms with E-state index in [0.717, 1.165) is 5.56 Å². The van der Waals surface area contributed by atoms with Crippen molar-refractivity contribution in [2.45, 2.75) is 12.6 Å². The van der Waals surface area contributed by atoms with Crippen LogP contribution >= 0.6 is 0 Å². The quantitative estimate of drug-likeness (QED) is 0.779. The van der Waals surface area contributed by atoms with Crippen molar-refractivity contribution >= 4 is 16.7 Å². The molecular formula is C19H18FN3O3. The van der Waals surface area contributed by atoms with Crippen LogP contribution in [0.2, 0.25) is 0 Å². The number of hydrogen-bond acceptors (Lipinski definition) is 6. The van der Waals surface area contributed by atoms with E-state index in [2.05, 4.69) is 9.97 Å². The Morgan fingerprint density at radius 2 is 1.88 bits per heavy atom. The van der Waals surface area contributed by atoms with E-state index < -0.39 is 11.9 Å². The van der Waals surface area contributed by atoms with Crippen molar-refractivity contribution in [2.75, 3.05) is 25.7 Å². The van der Waals surface area contributed by atoms with Crippen LogP contribution in [0.1, 0.15) is 17.2 Å². The topological polar surface area (TPSA) is 67.7 Å². The number of aromatic nitrogens is 2. The van der Waals surface area contributed by atoms with E-state index in [1.54, 1.807) is 32.4 Å². The Balaban J connectivity index is 1.85. The number of ether oxygens (including phenoxy) is 2. The van der Waals surface area contributed by atoms with Crippen LogP contribution in [-0.4, -0.2) is 35.8 Å². The Labute approximate surface area is 149 Å². The second-order valence-corrected chi connectivity index (χ2v) is 6.09. The van der Waals surface area contributed by atoms with Gasteiger partial charge in [0.15, 0.2) is 0 Å². The fraction of sp³-hybridized carbons (Fsp3) is 0.263. The monoisotopic (exact) mass is 355 g/mol. The molecule has 1 N–H and O–H groups in total. The summed E-state index contributed by atoms with van der Waals surface area (Å²) in [4.78, 5) is 10.3. The van der Waals surface area contributed by atoms with E-state index in [4.69, 9.17) is 9.47 Å². The number of methoxy groups -OCH3 is 2. The predicted octanol–water partition coefficient (Wildman–Crippen LogP) is 2.84. The molecule has 1 atom stereocenters. The highest BCUT2D eigenvalue weighted by Crippen LogP contribution is 2.41. The molecule has 0 saturated heterocycles. The summed E-state index contributed by atoms with van der Waals surface area (Å²) in [5.74, 6) is 1.45. The number of hydrogen-bond donors (Lipinski definition) is 1. The van der Waals surface area contributed by atoms with Gasteiger partial charge in [-0.15, -0.1) is 0 Å². The number of benzene rings is 2. The highest BCUT2D eigenvalue weighted by Gasteiger charge is 2.31. The molecule has 0 saturated carbocycles. The van der Waals surface area contributed by atoms with E-state index in [0.29, 0.717) is 41.4 Å². The van der Waals surface area contributed by atoms with E-state index >= 15 is 0 Å². The molecule has 26 heavy (non-hydrogen) atoms. The number of aliphatic hydroxyl groups is 1. The molecule has 134 valence electrons. The molecule has 4 rings (SSSR count). The number of nitrogens with zero attached hydrogens (tertiary/aromatic N) is 3. The number of halogens is 1. The second-order valence-electron chi connectivity index (χ2n) is 6.09. The first-order chi connectivity index (χ1) is 12.6. The Bertz CT molecular complexity index is 980. The number of aliphatic hydroxyl groups excluding tert-OH is 1. The third-order valence-electron chi connectivity index (χ3n) is 4.68. The molecule has 2 heterocycles. The largest absolute Gasteiger partial charge is 0.496 e. The molecule has 1 aromatic heterocycles. The molecule has 0 spiro atoms. The van der Waals surface area contributed by atoms with Gasteiger partial charge in [-0.3, -0.25) is 0 Å². The Morgan fingerprint density at radius 1 is 1.12 bits per heavy atom. The maximum absolute atomic E-state index is 14.1. The molecule has 2 aromatic carbocycles. The minimum Gasteiger partial charge on any atom is -0.496 e. The van der Waals surface area contributed by atoms with E-state index in [1.165, 1.54) is 12.4 Å². The number of anilines is 1. The van der Waals surface area contributed by atoms with E-state index in [9.17, 15) is 9.50 Å². The van der Waals surface area contributed by atoms with Crippen LogP contribution < -0.4 is 14.4 Å². The van der Waals surface area contributed by atoms with E-state index in [-0.39, 0.29) is 5.52 Å². The van der Waals surface area contributed by atoms with Crippen LogP contribution in [0.3, 0.4) is 0 Å². The molecule has 1 aliphatic heterocycles. The summed E-state index contributed by atoms with van der Waals surface area (Å²) in [7, 11) is 3.16. The van der Waals surface area contributed by atoms with Crippen LogP contribution in [-0.2, 0) is 6.54 Å². The number of rotatable bonds is 3. The van der Waals surface area contributed by atoms with Crippen LogP contribution in [0, 0.1) is 5.82 Å². The fourth-order valence-electron chi connectivity index (χ4n) is 3.53. The summed E-state index contributed by atoms with van der Waals surface area (Å²) in [5, 5.41) is 11.4. The van der Waals surface area contributed by atoms with Gasteiger partial charge in [-0.2, -0.15) is 0 Å². The van der Waals surface area contributed by atoms with Crippen molar-refractivity contribution in [3.8, 4) is 11.5 Å². The summed E-state index contributed by atoms with van der Waals surface area (Å²) >= 11 is 0. The number of fused-ring (bicyclic) bond motifs is 2. The molecule has 3 aromatic rings. The van der Waals surface area contributed by atoms with Crippen molar-refractivity contribution in [2.24, 2.45) is 0 Å². The molecule has 6 nitrogen and oxygen atoms in total. The number of β-amino-alcohol motifs (C(OH)–C–C–N with tert-alkyl or cyclic N) is 1. The van der Waals surface area contributed by atoms with Gasteiger partial charge in [0.05, 0.1) is 20.8 Å². The lowest BCUT2D eigenvalue weighted by Gasteiger charge is -2.35. The zero-order valence-electron chi connectivity index (χ0n) is 14.4. The van der Waals surface area contributed by atoms with Crippen LogP contribution in [0.15, 0.2) is 36.7 Å². The maximum atomic E-state index is 14.1. The zero-order chi connectivity index (χ0) is 18.3. The summed E-state index contributed by atoms with van der Waals surface area (Å²) in [6.45, 7) is 0.758. The molecule has 1 unspecified atom stereocenters. The fourth-order valence-corrected chi connectivity index (χ4v) is 3.53. The summed E-state index contributed by atoms with van der Waals surface area (Å²) in [6, 6.07) is 8.37. The first kappa shape index (κ1) is 16.5. The minimum absolute atomic E-state index is 0.260. The first-order valence-corrected chi connectivity index (χ1v) is 8.20. The average molecular weight is 355 g/mol. The third kappa shape index (κ3) is 2.52. The SMILES string of the molecule is COc1ccc(OC)c2c1CN(c1ncnc3c(F)cccc13)CC2O. The van der Waals surface area contributed by atoms with Gasteiger partial charge in [0, 0.05) is 23.1 Å². The normalized spacial score (nSPS) is 16.5. The Morgan fingerprint density at radius 3 is 2.65 bits per heavy atom. The van der Waals surface area contributed by atoms with Crippen molar-refractivity contribution in [3.63, 3.8) is 0 Å². The van der Waals surface area contributed by atoms with Crippen molar-refractivity contribution in [1.29, 1.82) is 0 Å². The van der Waals surface area contributed by atoms with Crippen LogP contribution in [0.5, 0.6) is 11.5 Å². The molecule has 0 amide bonds. The number of para-hydroxylation sites is 1. The van der Waals surface area contributed by atoms with Crippen molar-refractivity contribution < 1.29 is 19.0 Å². The maximum Gasteiger partial charge on any atom is 0.149 e. The van der Waals surface area contributed by atoms with Gasteiger partial charge in [0.25, 0.3) is 0 Å². The van der Waals surface area contributed by atoms with Crippen LogP contribution in [0.25, 0.3) is 10.9 Å². The molecule has 0 fully saturated rings. The van der Waals surface area contributed by atoms with Gasteiger partial charge >= 0.3 is 0 Å². The van der Waals surface area contributed by atoms with E-state index in [1.807, 2.05) is 11.0 Å². The third-order valence-corrected chi connectivity index (χ3v) is 4.68. The van der Waals surface area contributed by atoms with Gasteiger partial charge in [0.1, 0.15) is 41.1 Å². The molecule has 7 heteroatoms. The first-order valence-electron chi connectivity index (χ1n) is 8.20. The second kappa shape index (κ2) is 6.42. The lowest BCUT2D eigenvalue weighted by Crippen LogP contribution is -2.35. The summed E-state index contributed by atoms with van der Waals surface area (Å²) in [5.41, 5.74) is 1.80. The van der Waals surface area contributed by atoms with Gasteiger partial charge in [-0.1, -0.05) is 6.07 Å². The molecule has 1 aliphatic rings.